The Labute approximate surface area is 170 Å². The lowest BCUT2D eigenvalue weighted by Crippen LogP contribution is -2.35. The summed E-state index contributed by atoms with van der Waals surface area (Å²) < 4.78 is 5.19. The molecule has 0 aliphatic heterocycles. The Bertz CT molecular complexity index is 693. The van der Waals surface area contributed by atoms with Gasteiger partial charge in [0.15, 0.2) is 11.0 Å². The maximum atomic E-state index is 5.91. The predicted molar refractivity (Wildman–Crippen MR) is 111 cm³/mol. The van der Waals surface area contributed by atoms with Crippen molar-refractivity contribution >= 4 is 47.1 Å². The number of halogens is 2. The second kappa shape index (κ2) is 10.2. The molecule has 0 saturated heterocycles. The molecule has 2 heterocycles. The summed E-state index contributed by atoms with van der Waals surface area (Å²) in [6, 6.07) is 2.32. The highest BCUT2D eigenvalue weighted by Crippen LogP contribution is 2.35. The van der Waals surface area contributed by atoms with Crippen LogP contribution < -0.4 is 16.0 Å². The summed E-state index contributed by atoms with van der Waals surface area (Å²) in [5.74, 6) is 1.94. The standard InChI is InChI=1S/C16H24N6OS.2ClH/c1-22(2)16-19-12(9-24-16)7-18-14-6-13(10-4-11(17)5-10)20-15(21-14)8-23-3;;/h6,9-11H,4-5,7-8,17H2,1-3H3,(H,18,20,21);2*1H. The lowest BCUT2D eigenvalue weighted by Gasteiger charge is -2.32. The van der Waals surface area contributed by atoms with Crippen molar-refractivity contribution in [1.82, 2.24) is 15.0 Å². The molecule has 0 atom stereocenters. The Morgan fingerprint density at radius 3 is 2.58 bits per heavy atom. The smallest absolute Gasteiger partial charge is 0.185 e. The number of nitrogens with one attached hydrogen (secondary N) is 1. The number of aromatic nitrogens is 3. The number of anilines is 2. The number of hydrogen-bond acceptors (Lipinski definition) is 8. The molecular weight excluding hydrogens is 395 g/mol. The van der Waals surface area contributed by atoms with Crippen molar-refractivity contribution in [2.24, 2.45) is 5.73 Å². The van der Waals surface area contributed by atoms with Crippen molar-refractivity contribution in [2.75, 3.05) is 31.4 Å². The first-order valence-electron chi connectivity index (χ1n) is 8.03. The minimum atomic E-state index is 0. The van der Waals surface area contributed by atoms with Gasteiger partial charge in [0.2, 0.25) is 0 Å². The monoisotopic (exact) mass is 420 g/mol. The Morgan fingerprint density at radius 2 is 2.00 bits per heavy atom. The van der Waals surface area contributed by atoms with Crippen LogP contribution in [0.25, 0.3) is 0 Å². The van der Waals surface area contributed by atoms with Crippen LogP contribution in [0, 0.1) is 0 Å². The molecule has 1 saturated carbocycles. The molecule has 2 aromatic rings. The lowest BCUT2D eigenvalue weighted by molar-refractivity contribution is 0.177. The van der Waals surface area contributed by atoms with E-state index in [4.69, 9.17) is 10.5 Å². The first-order chi connectivity index (χ1) is 11.5. The van der Waals surface area contributed by atoms with Gasteiger partial charge in [-0.05, 0) is 12.8 Å². The molecule has 26 heavy (non-hydrogen) atoms. The second-order valence-electron chi connectivity index (χ2n) is 6.33. The second-order valence-corrected chi connectivity index (χ2v) is 7.16. The molecule has 0 unspecified atom stereocenters. The van der Waals surface area contributed by atoms with E-state index in [2.05, 4.69) is 25.6 Å². The number of hydrogen-bond donors (Lipinski definition) is 2. The zero-order chi connectivity index (χ0) is 17.1. The van der Waals surface area contributed by atoms with Crippen LogP contribution in [0.1, 0.15) is 36.0 Å². The molecule has 1 fully saturated rings. The summed E-state index contributed by atoms with van der Waals surface area (Å²) in [6.07, 6.45) is 1.97. The molecule has 0 spiro atoms. The minimum absolute atomic E-state index is 0. The first kappa shape index (κ1) is 22.9. The van der Waals surface area contributed by atoms with Gasteiger partial charge < -0.3 is 20.7 Å². The van der Waals surface area contributed by atoms with Gasteiger partial charge in [-0.3, -0.25) is 0 Å². The molecule has 1 aliphatic carbocycles. The van der Waals surface area contributed by atoms with Crippen LogP contribution in [-0.2, 0) is 17.9 Å². The fourth-order valence-corrected chi connectivity index (χ4v) is 3.44. The molecule has 0 amide bonds. The normalized spacial score (nSPS) is 18.3. The average Bonchev–Trinajstić information content (AvgIpc) is 2.99. The Morgan fingerprint density at radius 1 is 1.27 bits per heavy atom. The molecule has 146 valence electrons. The Balaban J connectivity index is 0.00000169. The third-order valence-corrected chi connectivity index (χ3v) is 5.09. The summed E-state index contributed by atoms with van der Waals surface area (Å²) in [5, 5.41) is 6.41. The van der Waals surface area contributed by atoms with Gasteiger partial charge in [-0.2, -0.15) is 0 Å². The van der Waals surface area contributed by atoms with Crippen molar-refractivity contribution in [2.45, 2.75) is 38.0 Å². The van der Waals surface area contributed by atoms with Gasteiger partial charge in [0.25, 0.3) is 0 Å². The molecule has 3 rings (SSSR count). The van der Waals surface area contributed by atoms with Gasteiger partial charge in [-0.25, -0.2) is 15.0 Å². The minimum Gasteiger partial charge on any atom is -0.377 e. The quantitative estimate of drug-likeness (QED) is 0.711. The zero-order valence-electron chi connectivity index (χ0n) is 15.1. The van der Waals surface area contributed by atoms with Crippen molar-refractivity contribution in [1.29, 1.82) is 0 Å². The van der Waals surface area contributed by atoms with E-state index in [0.717, 1.165) is 35.2 Å². The van der Waals surface area contributed by atoms with Gasteiger partial charge >= 0.3 is 0 Å². The maximum Gasteiger partial charge on any atom is 0.185 e. The highest BCUT2D eigenvalue weighted by atomic mass is 35.5. The summed E-state index contributed by atoms with van der Waals surface area (Å²) in [7, 11) is 5.64. The Kier molecular flexibility index (Phi) is 8.99. The fourth-order valence-electron chi connectivity index (χ4n) is 2.68. The van der Waals surface area contributed by atoms with Gasteiger partial charge in [0, 0.05) is 50.3 Å². The van der Waals surface area contributed by atoms with E-state index >= 15 is 0 Å². The maximum absolute atomic E-state index is 5.91. The first-order valence-corrected chi connectivity index (χ1v) is 8.91. The number of ether oxygens (including phenoxy) is 1. The zero-order valence-corrected chi connectivity index (χ0v) is 17.6. The molecular formula is C16H26Cl2N6OS. The van der Waals surface area contributed by atoms with Crippen LogP contribution >= 0.6 is 36.2 Å². The summed E-state index contributed by atoms with van der Waals surface area (Å²) in [5.41, 5.74) is 7.96. The third-order valence-electron chi connectivity index (χ3n) is 4.03. The van der Waals surface area contributed by atoms with E-state index < -0.39 is 0 Å². The molecule has 10 heteroatoms. The highest BCUT2D eigenvalue weighted by Gasteiger charge is 2.29. The summed E-state index contributed by atoms with van der Waals surface area (Å²) >= 11 is 1.63. The lowest BCUT2D eigenvalue weighted by atomic mass is 9.78. The van der Waals surface area contributed by atoms with Crippen LogP contribution in [0.15, 0.2) is 11.4 Å². The Hall–Kier alpha value is -1.19. The number of methoxy groups -OCH3 is 1. The number of nitrogens with zero attached hydrogens (tertiary/aromatic N) is 4. The van der Waals surface area contributed by atoms with Crippen LogP contribution in [0.3, 0.4) is 0 Å². The molecule has 7 nitrogen and oxygen atoms in total. The molecule has 2 aromatic heterocycles. The number of nitrogens with two attached hydrogens (primary N) is 1. The topological polar surface area (TPSA) is 89.2 Å². The van der Waals surface area contributed by atoms with E-state index in [1.807, 2.05) is 25.1 Å². The van der Waals surface area contributed by atoms with Gasteiger partial charge in [-0.15, -0.1) is 36.2 Å². The average molecular weight is 421 g/mol. The third kappa shape index (κ3) is 5.65. The van der Waals surface area contributed by atoms with Crippen LogP contribution in [0.5, 0.6) is 0 Å². The van der Waals surface area contributed by atoms with Crippen LogP contribution in [-0.4, -0.2) is 42.2 Å². The summed E-state index contributed by atoms with van der Waals surface area (Å²) in [4.78, 5) is 15.7. The van der Waals surface area contributed by atoms with Gasteiger partial charge in [0.05, 0.1) is 12.2 Å². The molecule has 0 bridgehead atoms. The van der Waals surface area contributed by atoms with E-state index in [9.17, 15) is 0 Å². The van der Waals surface area contributed by atoms with Gasteiger partial charge in [0.1, 0.15) is 12.4 Å². The molecule has 0 radical (unpaired) electrons. The van der Waals surface area contributed by atoms with Crippen molar-refractivity contribution < 1.29 is 4.74 Å². The van der Waals surface area contributed by atoms with Crippen LogP contribution in [0.2, 0.25) is 0 Å². The van der Waals surface area contributed by atoms with E-state index in [0.29, 0.717) is 30.9 Å². The van der Waals surface area contributed by atoms with E-state index in [1.165, 1.54) is 0 Å². The predicted octanol–water partition coefficient (Wildman–Crippen LogP) is 2.81. The van der Waals surface area contributed by atoms with Crippen molar-refractivity contribution in [3.05, 3.63) is 28.7 Å². The number of thiazole rings is 1. The van der Waals surface area contributed by atoms with Crippen LogP contribution in [0.4, 0.5) is 10.9 Å². The van der Waals surface area contributed by atoms with Gasteiger partial charge in [-0.1, -0.05) is 0 Å². The van der Waals surface area contributed by atoms with E-state index in [-0.39, 0.29) is 24.8 Å². The summed E-state index contributed by atoms with van der Waals surface area (Å²) in [6.45, 7) is 1.04. The molecule has 0 aromatic carbocycles. The molecule has 1 aliphatic rings. The number of rotatable bonds is 7. The highest BCUT2D eigenvalue weighted by molar-refractivity contribution is 7.13. The van der Waals surface area contributed by atoms with Crippen molar-refractivity contribution in [3.8, 4) is 0 Å². The SMILES string of the molecule is COCc1nc(NCc2csc(N(C)C)n2)cc(C2CC(N)C2)n1.Cl.Cl. The van der Waals surface area contributed by atoms with E-state index in [1.54, 1.807) is 18.4 Å². The molecule has 3 N–H and O–H groups in total. The largest absolute Gasteiger partial charge is 0.377 e. The fraction of sp³-hybridized carbons (Fsp3) is 0.562. The van der Waals surface area contributed by atoms with Crippen molar-refractivity contribution in [3.63, 3.8) is 0 Å².